The highest BCUT2D eigenvalue weighted by Crippen LogP contribution is 2.54. The van der Waals surface area contributed by atoms with Gasteiger partial charge >= 0.3 is 12.3 Å². The molecular formula is C28H32F5NO5. The molecule has 4 rings (SSSR count). The summed E-state index contributed by atoms with van der Waals surface area (Å²) in [6, 6.07) is 12.0. The molecule has 1 N–H and O–H groups in total. The molecule has 0 amide bonds. The van der Waals surface area contributed by atoms with Crippen LogP contribution in [0.25, 0.3) is 0 Å². The monoisotopic (exact) mass is 557 g/mol. The first-order chi connectivity index (χ1) is 18.3. The Morgan fingerprint density at radius 1 is 1.13 bits per heavy atom. The van der Waals surface area contributed by atoms with E-state index in [4.69, 9.17) is 14.3 Å². The van der Waals surface area contributed by atoms with E-state index in [1.54, 1.807) is 20.8 Å². The quantitative estimate of drug-likeness (QED) is 0.297. The Morgan fingerprint density at radius 2 is 1.85 bits per heavy atom. The third-order valence-corrected chi connectivity index (χ3v) is 6.86. The van der Waals surface area contributed by atoms with Crippen LogP contribution in [0.1, 0.15) is 69.5 Å². The van der Waals surface area contributed by atoms with Gasteiger partial charge in [-0.1, -0.05) is 30.3 Å². The fourth-order valence-corrected chi connectivity index (χ4v) is 5.55. The number of ether oxygens (including phenoxy) is 3. The van der Waals surface area contributed by atoms with Gasteiger partial charge in [0, 0.05) is 17.9 Å². The molecule has 4 atom stereocenters. The lowest BCUT2D eigenvalue weighted by atomic mass is 9.64. The van der Waals surface area contributed by atoms with Crippen LogP contribution < -0.4 is 15.0 Å². The molecule has 1 spiro atoms. The minimum Gasteiger partial charge on any atom is -0.487 e. The van der Waals surface area contributed by atoms with Gasteiger partial charge in [0.05, 0.1) is 17.6 Å². The Morgan fingerprint density at radius 3 is 2.49 bits per heavy atom. The van der Waals surface area contributed by atoms with Crippen LogP contribution in [0.15, 0.2) is 48.5 Å². The molecule has 1 aliphatic carbocycles. The molecular weight excluding hydrogens is 525 g/mol. The zero-order chi connectivity index (χ0) is 28.4. The maximum atomic E-state index is 13.4. The number of carbonyl (C=O) groups is 1. The van der Waals surface area contributed by atoms with Crippen molar-refractivity contribution in [2.24, 2.45) is 5.92 Å². The highest BCUT2D eigenvalue weighted by atomic mass is 19.4. The van der Waals surface area contributed by atoms with Crippen LogP contribution >= 0.6 is 0 Å². The predicted octanol–water partition coefficient (Wildman–Crippen LogP) is 6.86. The molecule has 2 aromatic carbocycles. The first-order valence-electron chi connectivity index (χ1n) is 12.8. The van der Waals surface area contributed by atoms with Crippen molar-refractivity contribution in [2.75, 3.05) is 6.61 Å². The molecule has 1 saturated heterocycles. The zero-order valence-electron chi connectivity index (χ0n) is 21.9. The van der Waals surface area contributed by atoms with Gasteiger partial charge in [-0.2, -0.15) is 5.48 Å². The highest BCUT2D eigenvalue weighted by Gasteiger charge is 2.55. The largest absolute Gasteiger partial charge is 0.573 e. The van der Waals surface area contributed by atoms with E-state index in [0.29, 0.717) is 19.3 Å². The lowest BCUT2D eigenvalue weighted by Crippen LogP contribution is -2.47. The topological polar surface area (TPSA) is 66.0 Å². The number of esters is 1. The summed E-state index contributed by atoms with van der Waals surface area (Å²) in [6.07, 6.45) is -5.70. The molecule has 1 saturated carbocycles. The molecule has 0 bridgehead atoms. The van der Waals surface area contributed by atoms with Crippen LogP contribution in [0.2, 0.25) is 0 Å². The van der Waals surface area contributed by atoms with Gasteiger partial charge in [-0.25, -0.2) is 8.78 Å². The molecule has 0 aromatic heterocycles. The number of carbonyl (C=O) groups excluding carboxylic acids is 1. The van der Waals surface area contributed by atoms with Gasteiger partial charge in [0.15, 0.2) is 0 Å². The summed E-state index contributed by atoms with van der Waals surface area (Å²) in [5, 5.41) is 0. The van der Waals surface area contributed by atoms with Crippen molar-refractivity contribution in [2.45, 2.75) is 82.4 Å². The van der Waals surface area contributed by atoms with Crippen LogP contribution in [-0.2, 0) is 14.4 Å². The van der Waals surface area contributed by atoms with E-state index in [1.807, 2.05) is 30.3 Å². The fourth-order valence-electron chi connectivity index (χ4n) is 5.55. The van der Waals surface area contributed by atoms with Gasteiger partial charge in [-0.05, 0) is 63.8 Å². The number of nitrogens with one attached hydrogen (secondary N) is 1. The Bertz CT molecular complexity index is 1140. The van der Waals surface area contributed by atoms with Crippen molar-refractivity contribution in [3.63, 3.8) is 0 Å². The lowest BCUT2D eigenvalue weighted by Gasteiger charge is -2.44. The minimum atomic E-state index is -4.94. The molecule has 1 aliphatic heterocycles. The molecule has 0 radical (unpaired) electrons. The first kappa shape index (κ1) is 29.1. The summed E-state index contributed by atoms with van der Waals surface area (Å²) in [6.45, 7) is 4.45. The molecule has 39 heavy (non-hydrogen) atoms. The molecule has 1 heterocycles. The number of rotatable bonds is 7. The van der Waals surface area contributed by atoms with Crippen LogP contribution in [-0.4, -0.2) is 36.6 Å². The van der Waals surface area contributed by atoms with Crippen LogP contribution in [0.5, 0.6) is 11.5 Å². The van der Waals surface area contributed by atoms with Crippen LogP contribution in [0.4, 0.5) is 22.0 Å². The van der Waals surface area contributed by atoms with Crippen molar-refractivity contribution in [3.05, 3.63) is 59.7 Å². The second kappa shape index (κ2) is 11.3. The Labute approximate surface area is 223 Å². The first-order valence-corrected chi connectivity index (χ1v) is 12.8. The lowest BCUT2D eigenvalue weighted by molar-refractivity contribution is -0.274. The summed E-state index contributed by atoms with van der Waals surface area (Å²) in [5.74, 6) is -1.85. The van der Waals surface area contributed by atoms with E-state index < -0.39 is 54.2 Å². The number of hydrogen-bond donors (Lipinski definition) is 1. The molecule has 214 valence electrons. The summed E-state index contributed by atoms with van der Waals surface area (Å²) in [4.78, 5) is 19.6. The SMILES string of the molecule is CC(C)(C)OC(=O)C1CCC[C@@]2(C[C@H](c3cc(OC(F)(F)F)ccc3OCC(F)F)NO2)[C@@H]1c1ccccc1. The summed E-state index contributed by atoms with van der Waals surface area (Å²) >= 11 is 0. The maximum Gasteiger partial charge on any atom is 0.573 e. The maximum absolute atomic E-state index is 13.4. The van der Waals surface area contributed by atoms with Crippen molar-refractivity contribution >= 4 is 5.97 Å². The standard InChI is InChI=1S/C28H32F5NO5/c1-26(2,3)38-25(35)19-10-7-13-27(24(19)17-8-5-4-6-9-17)15-21(34-39-27)20-14-18(37-28(31,32)33)11-12-22(20)36-16-23(29)30/h4-6,8-9,11-12,14,19,21,23-24,34H,7,10,13,15-16H2,1-3H3/t19?,21-,24-,27-/m1/s1. The Hall–Kier alpha value is -2.92. The normalized spacial score (nSPS) is 25.6. The summed E-state index contributed by atoms with van der Waals surface area (Å²) in [5.41, 5.74) is 2.32. The predicted molar refractivity (Wildman–Crippen MR) is 131 cm³/mol. The van der Waals surface area contributed by atoms with Gasteiger partial charge in [-0.15, -0.1) is 13.2 Å². The summed E-state index contributed by atoms with van der Waals surface area (Å²) < 4.78 is 79.7. The summed E-state index contributed by atoms with van der Waals surface area (Å²) in [7, 11) is 0. The van der Waals surface area contributed by atoms with E-state index in [-0.39, 0.29) is 23.7 Å². The zero-order valence-corrected chi connectivity index (χ0v) is 21.9. The van der Waals surface area contributed by atoms with E-state index in [1.165, 1.54) is 6.07 Å². The smallest absolute Gasteiger partial charge is 0.487 e. The van der Waals surface area contributed by atoms with Crippen molar-refractivity contribution in [3.8, 4) is 11.5 Å². The second-order valence-electron chi connectivity index (χ2n) is 10.9. The van der Waals surface area contributed by atoms with E-state index in [2.05, 4.69) is 10.2 Å². The van der Waals surface area contributed by atoms with Gasteiger partial charge in [0.2, 0.25) is 0 Å². The second-order valence-corrected chi connectivity index (χ2v) is 10.9. The number of benzene rings is 2. The van der Waals surface area contributed by atoms with Gasteiger partial charge < -0.3 is 14.2 Å². The number of hydrogen-bond acceptors (Lipinski definition) is 6. The van der Waals surface area contributed by atoms with Crippen molar-refractivity contribution < 1.29 is 45.8 Å². The fraction of sp³-hybridized carbons (Fsp3) is 0.536. The van der Waals surface area contributed by atoms with Crippen LogP contribution in [0.3, 0.4) is 0 Å². The van der Waals surface area contributed by atoms with Gasteiger partial charge in [0.25, 0.3) is 6.43 Å². The van der Waals surface area contributed by atoms with E-state index >= 15 is 0 Å². The van der Waals surface area contributed by atoms with E-state index in [0.717, 1.165) is 17.7 Å². The van der Waals surface area contributed by atoms with E-state index in [9.17, 15) is 26.7 Å². The average molecular weight is 558 g/mol. The Kier molecular flexibility index (Phi) is 8.41. The molecule has 11 heteroatoms. The molecule has 2 fully saturated rings. The van der Waals surface area contributed by atoms with Crippen LogP contribution in [0, 0.1) is 5.92 Å². The third kappa shape index (κ3) is 7.19. The van der Waals surface area contributed by atoms with Gasteiger partial charge in [-0.3, -0.25) is 9.63 Å². The molecule has 1 unspecified atom stereocenters. The molecule has 2 aliphatic rings. The third-order valence-electron chi connectivity index (χ3n) is 6.86. The Balaban J connectivity index is 1.70. The average Bonchev–Trinajstić information content (AvgIpc) is 3.25. The number of hydroxylamine groups is 1. The van der Waals surface area contributed by atoms with Gasteiger partial charge in [0.1, 0.15) is 23.7 Å². The highest BCUT2D eigenvalue weighted by molar-refractivity contribution is 5.75. The van der Waals surface area contributed by atoms with Crippen molar-refractivity contribution in [1.29, 1.82) is 0 Å². The number of alkyl halides is 5. The number of halogens is 5. The molecule has 6 nitrogen and oxygen atoms in total. The molecule has 2 aromatic rings. The van der Waals surface area contributed by atoms with Crippen molar-refractivity contribution in [1.82, 2.24) is 5.48 Å². The minimum absolute atomic E-state index is 0.0151.